The largest absolute Gasteiger partial charge is 0.310 e. The molecule has 2 N–H and O–H groups in total. The molecule has 144 valence electrons. The average molecular weight is 395 g/mol. The van der Waals surface area contributed by atoms with Gasteiger partial charge < -0.3 is 5.32 Å². The van der Waals surface area contributed by atoms with Crippen LogP contribution in [0.15, 0.2) is 47.3 Å². The van der Waals surface area contributed by atoms with Crippen LogP contribution in [0.2, 0.25) is 0 Å². The number of nitrogens with zero attached hydrogens (tertiary/aromatic N) is 3. The fourth-order valence-electron chi connectivity index (χ4n) is 2.91. The summed E-state index contributed by atoms with van der Waals surface area (Å²) in [6, 6.07) is 13.3. The molecule has 1 aliphatic carbocycles. The average Bonchev–Trinajstić information content (AvgIpc) is 3.43. The van der Waals surface area contributed by atoms with Gasteiger partial charge in [0.05, 0.1) is 11.4 Å². The predicted octanol–water partition coefficient (Wildman–Crippen LogP) is 3.01. The Morgan fingerprint density at radius 3 is 2.79 bits per heavy atom. The summed E-state index contributed by atoms with van der Waals surface area (Å²) >= 11 is 1.55. The van der Waals surface area contributed by atoms with Crippen LogP contribution in [0.25, 0.3) is 5.95 Å². The van der Waals surface area contributed by atoms with Gasteiger partial charge in [0.25, 0.3) is 5.56 Å². The number of nitrogens with one attached hydrogen (secondary N) is 2. The maximum absolute atomic E-state index is 12.4. The van der Waals surface area contributed by atoms with E-state index in [1.807, 2.05) is 36.4 Å². The van der Waals surface area contributed by atoms with E-state index in [9.17, 15) is 9.59 Å². The molecular weight excluding hydrogens is 374 g/mol. The van der Waals surface area contributed by atoms with Crippen molar-refractivity contribution in [1.29, 1.82) is 0 Å². The third kappa shape index (κ3) is 4.51. The minimum atomic E-state index is -0.248. The van der Waals surface area contributed by atoms with Crippen molar-refractivity contribution < 1.29 is 4.79 Å². The summed E-state index contributed by atoms with van der Waals surface area (Å²) in [5, 5.41) is 7.48. The Labute approximate surface area is 166 Å². The molecular formula is C20H21N5O2S. The summed E-state index contributed by atoms with van der Waals surface area (Å²) in [5.41, 5.74) is 2.44. The number of H-pyrrole nitrogens is 1. The number of hydrogen-bond acceptors (Lipinski definition) is 5. The van der Waals surface area contributed by atoms with Crippen LogP contribution in [0.5, 0.6) is 0 Å². The van der Waals surface area contributed by atoms with Crippen molar-refractivity contribution in [2.24, 2.45) is 0 Å². The lowest BCUT2D eigenvalue weighted by atomic mass is 10.2. The third-order valence-corrected chi connectivity index (χ3v) is 5.40. The molecule has 3 aromatic rings. The van der Waals surface area contributed by atoms with Crippen LogP contribution < -0.4 is 10.9 Å². The first-order chi connectivity index (χ1) is 13.6. The molecule has 0 unspecified atom stereocenters. The second-order valence-electron chi connectivity index (χ2n) is 6.88. The normalized spacial score (nSPS) is 13.5. The van der Waals surface area contributed by atoms with E-state index in [0.717, 1.165) is 24.3 Å². The molecule has 28 heavy (non-hydrogen) atoms. The van der Waals surface area contributed by atoms with E-state index < -0.39 is 0 Å². The Bertz CT molecular complexity index is 1040. The molecule has 0 aliphatic heterocycles. The predicted molar refractivity (Wildman–Crippen MR) is 110 cm³/mol. The first kappa shape index (κ1) is 18.5. The molecule has 0 bridgehead atoms. The molecule has 1 fully saturated rings. The minimum Gasteiger partial charge on any atom is -0.310 e. The zero-order valence-corrected chi connectivity index (χ0v) is 16.3. The summed E-state index contributed by atoms with van der Waals surface area (Å²) in [7, 11) is 0. The van der Waals surface area contributed by atoms with Crippen LogP contribution in [-0.2, 0) is 10.5 Å². The zero-order chi connectivity index (χ0) is 19.5. The van der Waals surface area contributed by atoms with Gasteiger partial charge in [0.1, 0.15) is 5.82 Å². The number of thioether (sulfide) groups is 1. The molecule has 1 saturated carbocycles. The van der Waals surface area contributed by atoms with Crippen LogP contribution in [0, 0.1) is 6.92 Å². The fourth-order valence-corrected chi connectivity index (χ4v) is 3.69. The number of aryl methyl sites for hydroxylation is 1. The molecule has 0 radical (unpaired) electrons. The summed E-state index contributed by atoms with van der Waals surface area (Å²) in [6.45, 7) is 1.75. The maximum atomic E-state index is 12.4. The molecule has 1 aromatic carbocycles. The number of aromatic nitrogens is 4. The number of carbonyl (C=O) groups excluding carboxylic acids is 1. The Balaban J connectivity index is 1.48. The van der Waals surface area contributed by atoms with Crippen LogP contribution in [-0.4, -0.2) is 31.4 Å². The van der Waals surface area contributed by atoms with Gasteiger partial charge in [-0.05, 0) is 25.3 Å². The Morgan fingerprint density at radius 1 is 1.29 bits per heavy atom. The molecule has 1 amide bonds. The van der Waals surface area contributed by atoms with Crippen molar-refractivity contribution >= 4 is 23.5 Å². The number of benzene rings is 1. The molecule has 2 aromatic heterocycles. The topological polar surface area (TPSA) is 92.7 Å². The summed E-state index contributed by atoms with van der Waals surface area (Å²) in [6.07, 6.45) is 2.18. The van der Waals surface area contributed by atoms with Crippen LogP contribution >= 0.6 is 11.8 Å². The van der Waals surface area contributed by atoms with Crippen molar-refractivity contribution in [1.82, 2.24) is 19.7 Å². The lowest BCUT2D eigenvalue weighted by Crippen LogP contribution is -2.20. The number of carbonyl (C=O) groups is 1. The number of anilines is 1. The second kappa shape index (κ2) is 8.02. The Morgan fingerprint density at radius 2 is 2.07 bits per heavy atom. The minimum absolute atomic E-state index is 0.112. The maximum Gasteiger partial charge on any atom is 0.252 e. The molecule has 7 nitrogen and oxygen atoms in total. The standard InChI is InChI=1S/C20H21N5O2S/c1-13-9-18(26)23-20(21-13)25-17(10-16(24-25)15-7-8-15)22-19(27)12-28-11-14-5-3-2-4-6-14/h2-6,9-10,15H,7-8,11-12H2,1H3,(H,22,27)(H,21,23,26). The smallest absolute Gasteiger partial charge is 0.252 e. The van der Waals surface area contributed by atoms with Gasteiger partial charge in [0.2, 0.25) is 11.9 Å². The monoisotopic (exact) mass is 395 g/mol. The number of hydrogen-bond donors (Lipinski definition) is 2. The van der Waals surface area contributed by atoms with E-state index in [1.165, 1.54) is 16.3 Å². The van der Waals surface area contributed by atoms with Crippen molar-refractivity contribution in [3.63, 3.8) is 0 Å². The van der Waals surface area contributed by atoms with Crippen molar-refractivity contribution in [2.45, 2.75) is 31.4 Å². The van der Waals surface area contributed by atoms with Gasteiger partial charge >= 0.3 is 0 Å². The van der Waals surface area contributed by atoms with Gasteiger partial charge in [0.15, 0.2) is 0 Å². The van der Waals surface area contributed by atoms with Gasteiger partial charge in [-0.15, -0.1) is 11.8 Å². The van der Waals surface area contributed by atoms with Gasteiger partial charge in [-0.1, -0.05) is 30.3 Å². The van der Waals surface area contributed by atoms with Gasteiger partial charge in [-0.3, -0.25) is 14.6 Å². The zero-order valence-electron chi connectivity index (χ0n) is 15.5. The van der Waals surface area contributed by atoms with Crippen molar-refractivity contribution in [3.05, 3.63) is 69.8 Å². The third-order valence-electron chi connectivity index (χ3n) is 4.39. The summed E-state index contributed by atoms with van der Waals surface area (Å²) in [5.74, 6) is 2.25. The molecule has 4 rings (SSSR count). The summed E-state index contributed by atoms with van der Waals surface area (Å²) < 4.78 is 1.52. The fraction of sp³-hybridized carbons (Fsp3) is 0.300. The van der Waals surface area contributed by atoms with Gasteiger partial charge in [-0.25, -0.2) is 4.98 Å². The molecule has 2 heterocycles. The van der Waals surface area contributed by atoms with E-state index in [4.69, 9.17) is 0 Å². The highest BCUT2D eigenvalue weighted by Gasteiger charge is 2.28. The Kier molecular flexibility index (Phi) is 5.29. The first-order valence-corrected chi connectivity index (χ1v) is 10.3. The highest BCUT2D eigenvalue weighted by atomic mass is 32.2. The van der Waals surface area contributed by atoms with Crippen molar-refractivity contribution in [3.8, 4) is 5.95 Å². The SMILES string of the molecule is Cc1cc(=O)[nH]c(-n2nc(C3CC3)cc2NC(=O)CSCc2ccccc2)n1. The van der Waals surface area contributed by atoms with Crippen LogP contribution in [0.1, 0.15) is 35.7 Å². The number of rotatable bonds is 7. The van der Waals surface area contributed by atoms with Gasteiger partial charge in [-0.2, -0.15) is 9.78 Å². The number of aromatic amines is 1. The highest BCUT2D eigenvalue weighted by molar-refractivity contribution is 7.99. The second-order valence-corrected chi connectivity index (χ2v) is 7.86. The first-order valence-electron chi connectivity index (χ1n) is 9.18. The summed E-state index contributed by atoms with van der Waals surface area (Å²) in [4.78, 5) is 31.3. The molecule has 0 spiro atoms. The van der Waals surface area contributed by atoms with Crippen LogP contribution in [0.4, 0.5) is 5.82 Å². The molecule has 1 aliphatic rings. The molecule has 8 heteroatoms. The van der Waals surface area contributed by atoms with Crippen LogP contribution in [0.3, 0.4) is 0 Å². The van der Waals surface area contributed by atoms with Gasteiger partial charge in [0, 0.05) is 29.5 Å². The van der Waals surface area contributed by atoms with E-state index in [2.05, 4.69) is 20.4 Å². The lowest BCUT2D eigenvalue weighted by Gasteiger charge is -2.08. The Hall–Kier alpha value is -2.87. The van der Waals surface area contributed by atoms with E-state index in [0.29, 0.717) is 29.1 Å². The van der Waals surface area contributed by atoms with Crippen molar-refractivity contribution in [2.75, 3.05) is 11.1 Å². The van der Waals surface area contributed by atoms with E-state index in [1.54, 1.807) is 18.7 Å². The quantitative estimate of drug-likeness (QED) is 0.641. The van der Waals surface area contributed by atoms with E-state index in [-0.39, 0.29) is 11.5 Å². The molecule has 0 atom stereocenters. The number of amides is 1. The lowest BCUT2D eigenvalue weighted by molar-refractivity contribution is -0.113. The molecule has 0 saturated heterocycles. The van der Waals surface area contributed by atoms with E-state index >= 15 is 0 Å². The highest BCUT2D eigenvalue weighted by Crippen LogP contribution is 2.40.